The van der Waals surface area contributed by atoms with E-state index in [1.165, 1.54) is 5.56 Å². The van der Waals surface area contributed by atoms with Crippen LogP contribution in [0.25, 0.3) is 0 Å². The van der Waals surface area contributed by atoms with Crippen molar-refractivity contribution in [2.24, 2.45) is 0 Å². The van der Waals surface area contributed by atoms with Gasteiger partial charge in [0.25, 0.3) is 0 Å². The molecule has 0 fully saturated rings. The Morgan fingerprint density at radius 3 is 3.19 bits per heavy atom. The molecule has 0 radical (unpaired) electrons. The van der Waals surface area contributed by atoms with E-state index in [1.807, 2.05) is 0 Å². The summed E-state index contributed by atoms with van der Waals surface area (Å²) < 4.78 is 5.65. The first-order valence-corrected chi connectivity index (χ1v) is 6.09. The lowest BCUT2D eigenvalue weighted by molar-refractivity contribution is 0.210. The topological polar surface area (TPSA) is 59.1 Å². The van der Waals surface area contributed by atoms with Crippen molar-refractivity contribution in [1.29, 1.82) is 0 Å². The van der Waals surface area contributed by atoms with Crippen molar-refractivity contribution in [3.8, 4) is 0 Å². The summed E-state index contributed by atoms with van der Waals surface area (Å²) in [6.45, 7) is 3.24. The number of methoxy groups -OCH3 is 1. The molecule has 0 bridgehead atoms. The molecule has 1 aliphatic heterocycles. The Labute approximate surface area is 103 Å². The van der Waals surface area contributed by atoms with Crippen molar-refractivity contribution in [3.63, 3.8) is 0 Å². The van der Waals surface area contributed by atoms with E-state index in [0.717, 1.165) is 37.6 Å². The standard InChI is InChI=1S/C10H15BrN4O/c1-16-5-4-13-9-7-6-12-3-2-8(7)14-10(11)15-9/h12H,2-6H2,1H3,(H,13,14,15). The summed E-state index contributed by atoms with van der Waals surface area (Å²) in [6.07, 6.45) is 0.954. The summed E-state index contributed by atoms with van der Waals surface area (Å²) in [6, 6.07) is 0. The molecule has 16 heavy (non-hydrogen) atoms. The zero-order valence-electron chi connectivity index (χ0n) is 9.22. The Hall–Kier alpha value is -0.720. The molecular formula is C10H15BrN4O. The third kappa shape index (κ3) is 2.69. The highest BCUT2D eigenvalue weighted by Gasteiger charge is 2.16. The van der Waals surface area contributed by atoms with Gasteiger partial charge in [0.1, 0.15) is 5.82 Å². The number of rotatable bonds is 4. The van der Waals surface area contributed by atoms with Crippen LogP contribution in [0.15, 0.2) is 4.73 Å². The van der Waals surface area contributed by atoms with Gasteiger partial charge in [0.2, 0.25) is 0 Å². The number of hydrogen-bond acceptors (Lipinski definition) is 5. The van der Waals surface area contributed by atoms with E-state index in [-0.39, 0.29) is 0 Å². The molecule has 2 rings (SSSR count). The Kier molecular flexibility index (Phi) is 4.09. The van der Waals surface area contributed by atoms with Gasteiger partial charge in [0.15, 0.2) is 4.73 Å². The lowest BCUT2D eigenvalue weighted by atomic mass is 10.1. The predicted molar refractivity (Wildman–Crippen MR) is 65.5 cm³/mol. The number of fused-ring (bicyclic) bond motifs is 1. The number of ether oxygens (including phenoxy) is 1. The van der Waals surface area contributed by atoms with Crippen LogP contribution < -0.4 is 10.6 Å². The minimum atomic E-state index is 0.646. The molecule has 0 aromatic carbocycles. The molecule has 0 unspecified atom stereocenters. The SMILES string of the molecule is COCCNc1nc(Br)nc2c1CNCC2. The van der Waals surface area contributed by atoms with Crippen LogP contribution >= 0.6 is 15.9 Å². The van der Waals surface area contributed by atoms with Gasteiger partial charge in [-0.25, -0.2) is 9.97 Å². The fourth-order valence-electron chi connectivity index (χ4n) is 1.73. The lowest BCUT2D eigenvalue weighted by Crippen LogP contribution is -2.27. The van der Waals surface area contributed by atoms with Gasteiger partial charge in [0, 0.05) is 38.7 Å². The molecule has 0 aliphatic carbocycles. The molecule has 0 amide bonds. The third-order valence-corrected chi connectivity index (χ3v) is 2.86. The highest BCUT2D eigenvalue weighted by Crippen LogP contribution is 2.21. The summed E-state index contributed by atoms with van der Waals surface area (Å²) in [5, 5.41) is 6.59. The smallest absolute Gasteiger partial charge is 0.198 e. The van der Waals surface area contributed by atoms with E-state index < -0.39 is 0 Å². The summed E-state index contributed by atoms with van der Waals surface area (Å²) in [5.74, 6) is 0.904. The van der Waals surface area contributed by atoms with Crippen LogP contribution in [-0.2, 0) is 17.7 Å². The molecule has 5 nitrogen and oxygen atoms in total. The first kappa shape index (κ1) is 11.8. The zero-order chi connectivity index (χ0) is 11.4. The van der Waals surface area contributed by atoms with E-state index in [1.54, 1.807) is 7.11 Å². The molecule has 0 atom stereocenters. The number of aromatic nitrogens is 2. The maximum Gasteiger partial charge on any atom is 0.198 e. The molecular weight excluding hydrogens is 272 g/mol. The van der Waals surface area contributed by atoms with Gasteiger partial charge in [0.05, 0.1) is 12.3 Å². The van der Waals surface area contributed by atoms with Crippen molar-refractivity contribution in [3.05, 3.63) is 16.0 Å². The van der Waals surface area contributed by atoms with Crippen molar-refractivity contribution >= 4 is 21.7 Å². The molecule has 2 N–H and O–H groups in total. The minimum absolute atomic E-state index is 0.646. The summed E-state index contributed by atoms with van der Waals surface area (Å²) in [5.41, 5.74) is 2.30. The van der Waals surface area contributed by atoms with Crippen molar-refractivity contribution < 1.29 is 4.74 Å². The predicted octanol–water partition coefficient (Wildman–Crippen LogP) is 0.943. The van der Waals surface area contributed by atoms with Crippen LogP contribution in [0.3, 0.4) is 0 Å². The summed E-state index contributed by atoms with van der Waals surface area (Å²) in [4.78, 5) is 8.75. The van der Waals surface area contributed by atoms with Gasteiger partial charge < -0.3 is 15.4 Å². The number of hydrogen-bond donors (Lipinski definition) is 2. The maximum absolute atomic E-state index is 5.00. The fraction of sp³-hybridized carbons (Fsp3) is 0.600. The molecule has 1 aliphatic rings. The van der Waals surface area contributed by atoms with Crippen molar-refractivity contribution in [2.75, 3.05) is 32.1 Å². The van der Waals surface area contributed by atoms with Gasteiger partial charge in [-0.15, -0.1) is 0 Å². The molecule has 1 aromatic rings. The van der Waals surface area contributed by atoms with Crippen LogP contribution in [0.2, 0.25) is 0 Å². The van der Waals surface area contributed by atoms with Crippen molar-refractivity contribution in [2.45, 2.75) is 13.0 Å². The monoisotopic (exact) mass is 286 g/mol. The molecule has 0 spiro atoms. The van der Waals surface area contributed by atoms with E-state index in [9.17, 15) is 0 Å². The summed E-state index contributed by atoms with van der Waals surface area (Å²) >= 11 is 3.34. The zero-order valence-corrected chi connectivity index (χ0v) is 10.8. The normalized spacial score (nSPS) is 14.6. The van der Waals surface area contributed by atoms with E-state index >= 15 is 0 Å². The fourth-order valence-corrected chi connectivity index (χ4v) is 2.12. The van der Waals surface area contributed by atoms with Gasteiger partial charge in [-0.2, -0.15) is 0 Å². The average molecular weight is 287 g/mol. The van der Waals surface area contributed by atoms with E-state index in [4.69, 9.17) is 4.74 Å². The Morgan fingerprint density at radius 1 is 1.50 bits per heavy atom. The molecule has 6 heteroatoms. The first-order valence-electron chi connectivity index (χ1n) is 5.30. The molecule has 2 heterocycles. The van der Waals surface area contributed by atoms with Gasteiger partial charge in [-0.1, -0.05) is 0 Å². The minimum Gasteiger partial charge on any atom is -0.383 e. The number of halogens is 1. The van der Waals surface area contributed by atoms with Crippen LogP contribution in [0.5, 0.6) is 0 Å². The summed E-state index contributed by atoms with van der Waals surface area (Å²) in [7, 11) is 1.69. The lowest BCUT2D eigenvalue weighted by Gasteiger charge is -2.19. The Bertz CT molecular complexity index is 372. The Morgan fingerprint density at radius 2 is 2.38 bits per heavy atom. The van der Waals surface area contributed by atoms with Gasteiger partial charge in [-0.3, -0.25) is 0 Å². The quantitative estimate of drug-likeness (QED) is 0.637. The largest absolute Gasteiger partial charge is 0.383 e. The van der Waals surface area contributed by atoms with E-state index in [0.29, 0.717) is 11.3 Å². The highest BCUT2D eigenvalue weighted by atomic mass is 79.9. The second-order valence-electron chi connectivity index (χ2n) is 3.61. The second-order valence-corrected chi connectivity index (χ2v) is 4.32. The number of anilines is 1. The number of nitrogens with zero attached hydrogens (tertiary/aromatic N) is 2. The average Bonchev–Trinajstić information content (AvgIpc) is 2.29. The van der Waals surface area contributed by atoms with Crippen LogP contribution in [0.1, 0.15) is 11.3 Å². The van der Waals surface area contributed by atoms with Gasteiger partial charge >= 0.3 is 0 Å². The van der Waals surface area contributed by atoms with Crippen LogP contribution in [-0.4, -0.2) is 36.8 Å². The first-order chi connectivity index (χ1) is 7.81. The molecule has 0 saturated heterocycles. The van der Waals surface area contributed by atoms with Gasteiger partial charge in [-0.05, 0) is 15.9 Å². The Balaban J connectivity index is 2.18. The van der Waals surface area contributed by atoms with Crippen LogP contribution in [0.4, 0.5) is 5.82 Å². The highest BCUT2D eigenvalue weighted by molar-refractivity contribution is 9.10. The van der Waals surface area contributed by atoms with Crippen LogP contribution in [0, 0.1) is 0 Å². The maximum atomic E-state index is 5.00. The number of nitrogens with one attached hydrogen (secondary N) is 2. The molecule has 1 aromatic heterocycles. The van der Waals surface area contributed by atoms with E-state index in [2.05, 4.69) is 36.5 Å². The third-order valence-electron chi connectivity index (χ3n) is 2.50. The van der Waals surface area contributed by atoms with Crippen molar-refractivity contribution in [1.82, 2.24) is 15.3 Å². The second kappa shape index (κ2) is 5.56. The molecule has 88 valence electrons. The molecule has 0 saturated carbocycles.